The molecule has 0 bridgehead atoms. The van der Waals surface area contributed by atoms with Crippen LogP contribution in [0.5, 0.6) is 0 Å². The monoisotopic (exact) mass is 424 g/mol. The fraction of sp³-hybridized carbons (Fsp3) is 0.278. The van der Waals surface area contributed by atoms with Crippen LogP contribution in [0.25, 0.3) is 0 Å². The Hall–Kier alpha value is -1.86. The average Bonchev–Trinajstić information content (AvgIpc) is 2.61. The summed E-state index contributed by atoms with van der Waals surface area (Å²) in [6.45, 7) is 3.56. The van der Waals surface area contributed by atoms with E-state index in [1.54, 1.807) is 42.5 Å². The second-order valence-electron chi connectivity index (χ2n) is 5.68. The summed E-state index contributed by atoms with van der Waals surface area (Å²) in [5, 5.41) is 2.81. The molecular weight excluding hydrogens is 404 g/mol. The van der Waals surface area contributed by atoms with Crippen molar-refractivity contribution in [2.75, 3.05) is 10.8 Å². The number of benzene rings is 2. The van der Waals surface area contributed by atoms with Crippen molar-refractivity contribution in [3.05, 3.63) is 59.1 Å². The fourth-order valence-electron chi connectivity index (χ4n) is 2.20. The molecule has 0 aliphatic carbocycles. The molecule has 0 radical (unpaired) electrons. The third-order valence-corrected chi connectivity index (χ3v) is 6.07. The van der Waals surface area contributed by atoms with Gasteiger partial charge in [-0.15, -0.1) is 0 Å². The molecule has 25 heavy (non-hydrogen) atoms. The summed E-state index contributed by atoms with van der Waals surface area (Å²) in [6, 6.07) is 14.9. The summed E-state index contributed by atoms with van der Waals surface area (Å²) >= 11 is 3.34. The molecule has 1 N–H and O–H groups in total. The minimum Gasteiger partial charge on any atom is -0.352 e. The van der Waals surface area contributed by atoms with Crippen molar-refractivity contribution in [3.8, 4) is 0 Å². The van der Waals surface area contributed by atoms with Crippen molar-refractivity contribution in [2.24, 2.45) is 0 Å². The number of hydrogen-bond donors (Lipinski definition) is 1. The van der Waals surface area contributed by atoms with Crippen LogP contribution in [0.4, 0.5) is 5.69 Å². The van der Waals surface area contributed by atoms with Crippen molar-refractivity contribution >= 4 is 37.5 Å². The first kappa shape index (κ1) is 19.5. The Labute approximate surface area is 157 Å². The predicted octanol–water partition coefficient (Wildman–Crippen LogP) is 3.56. The van der Waals surface area contributed by atoms with E-state index < -0.39 is 10.0 Å². The highest BCUT2D eigenvalue weighted by Gasteiger charge is 2.27. The first-order chi connectivity index (χ1) is 11.8. The highest BCUT2D eigenvalue weighted by molar-refractivity contribution is 9.10. The van der Waals surface area contributed by atoms with Gasteiger partial charge in [0, 0.05) is 10.5 Å². The van der Waals surface area contributed by atoms with Crippen molar-refractivity contribution in [1.29, 1.82) is 0 Å². The van der Waals surface area contributed by atoms with Crippen LogP contribution in [0, 0.1) is 0 Å². The van der Waals surface area contributed by atoms with Gasteiger partial charge in [-0.05, 0) is 49.7 Å². The highest BCUT2D eigenvalue weighted by Crippen LogP contribution is 2.25. The normalized spacial score (nSPS) is 12.4. The molecule has 0 aliphatic rings. The second kappa shape index (κ2) is 8.49. The quantitative estimate of drug-likeness (QED) is 0.738. The number of sulfonamides is 1. The summed E-state index contributed by atoms with van der Waals surface area (Å²) in [7, 11) is -3.85. The minimum absolute atomic E-state index is 0.0151. The smallest absolute Gasteiger partial charge is 0.264 e. The van der Waals surface area contributed by atoms with Gasteiger partial charge in [0.2, 0.25) is 5.91 Å². The van der Waals surface area contributed by atoms with Gasteiger partial charge in [-0.1, -0.05) is 41.1 Å². The number of carbonyl (C=O) groups excluding carboxylic acids is 1. The average molecular weight is 425 g/mol. The lowest BCUT2D eigenvalue weighted by Gasteiger charge is -2.25. The molecule has 2 aromatic carbocycles. The molecular formula is C18H21BrN2O3S. The zero-order valence-corrected chi connectivity index (χ0v) is 16.5. The maximum atomic E-state index is 13.0. The first-order valence-corrected chi connectivity index (χ1v) is 10.2. The second-order valence-corrected chi connectivity index (χ2v) is 8.46. The Morgan fingerprint density at radius 1 is 1.12 bits per heavy atom. The van der Waals surface area contributed by atoms with E-state index in [-0.39, 0.29) is 23.4 Å². The number of carbonyl (C=O) groups is 1. The molecule has 0 spiro atoms. The number of nitrogens with zero attached hydrogens (tertiary/aromatic N) is 1. The van der Waals surface area contributed by atoms with Crippen molar-refractivity contribution in [1.82, 2.24) is 5.32 Å². The molecule has 0 aliphatic heterocycles. The lowest BCUT2D eigenvalue weighted by Crippen LogP contribution is -2.43. The van der Waals surface area contributed by atoms with Crippen LogP contribution in [-0.2, 0) is 14.8 Å². The Morgan fingerprint density at radius 2 is 1.72 bits per heavy atom. The summed E-state index contributed by atoms with van der Waals surface area (Å²) in [5.41, 5.74) is 0.436. The molecule has 0 heterocycles. The zero-order valence-electron chi connectivity index (χ0n) is 14.1. The molecule has 0 saturated carbocycles. The number of rotatable bonds is 7. The topological polar surface area (TPSA) is 66.5 Å². The molecule has 2 aromatic rings. The molecule has 0 fully saturated rings. The summed E-state index contributed by atoms with van der Waals surface area (Å²) in [5.74, 6) is -0.336. The Kier molecular flexibility index (Phi) is 6.61. The zero-order chi connectivity index (χ0) is 18.4. The Morgan fingerprint density at radius 3 is 2.28 bits per heavy atom. The van der Waals surface area contributed by atoms with Crippen LogP contribution in [0.15, 0.2) is 64.0 Å². The standard InChI is InChI=1S/C18H21BrN2O3S/c1-3-14(2)20-18(22)13-21(16-11-9-15(19)10-12-16)25(23,24)17-7-5-4-6-8-17/h4-12,14H,3,13H2,1-2H3,(H,20,22). The van der Waals surface area contributed by atoms with Crippen LogP contribution in [0.2, 0.25) is 0 Å². The third kappa shape index (κ3) is 5.06. The molecule has 1 atom stereocenters. The number of nitrogens with one attached hydrogen (secondary N) is 1. The number of anilines is 1. The summed E-state index contributed by atoms with van der Waals surface area (Å²) < 4.78 is 28.0. The lowest BCUT2D eigenvalue weighted by atomic mass is 10.2. The van der Waals surface area contributed by atoms with Crippen LogP contribution in [0.1, 0.15) is 20.3 Å². The Balaban J connectivity index is 2.39. The van der Waals surface area contributed by atoms with Crippen molar-refractivity contribution < 1.29 is 13.2 Å². The van der Waals surface area contributed by atoms with Crippen LogP contribution < -0.4 is 9.62 Å². The van der Waals surface area contributed by atoms with Gasteiger partial charge in [-0.3, -0.25) is 9.10 Å². The van der Waals surface area contributed by atoms with E-state index in [0.717, 1.165) is 15.2 Å². The SMILES string of the molecule is CCC(C)NC(=O)CN(c1ccc(Br)cc1)S(=O)(=O)c1ccccc1. The van der Waals surface area contributed by atoms with Crippen LogP contribution in [0.3, 0.4) is 0 Å². The molecule has 0 saturated heterocycles. The van der Waals surface area contributed by atoms with E-state index in [0.29, 0.717) is 5.69 Å². The predicted molar refractivity (Wildman–Crippen MR) is 103 cm³/mol. The molecule has 134 valence electrons. The maximum absolute atomic E-state index is 13.0. The first-order valence-electron chi connectivity index (χ1n) is 7.97. The van der Waals surface area contributed by atoms with Gasteiger partial charge in [-0.25, -0.2) is 8.42 Å². The van der Waals surface area contributed by atoms with E-state index in [1.807, 2.05) is 13.8 Å². The number of amides is 1. The van der Waals surface area contributed by atoms with Gasteiger partial charge in [-0.2, -0.15) is 0 Å². The van der Waals surface area contributed by atoms with Gasteiger partial charge in [0.1, 0.15) is 6.54 Å². The molecule has 7 heteroatoms. The van der Waals surface area contributed by atoms with Gasteiger partial charge < -0.3 is 5.32 Å². The third-order valence-electron chi connectivity index (χ3n) is 3.75. The number of hydrogen-bond acceptors (Lipinski definition) is 3. The summed E-state index contributed by atoms with van der Waals surface area (Å²) in [6.07, 6.45) is 0.773. The Bertz CT molecular complexity index is 808. The van der Waals surface area contributed by atoms with E-state index in [1.165, 1.54) is 12.1 Å². The van der Waals surface area contributed by atoms with Gasteiger partial charge >= 0.3 is 0 Å². The largest absolute Gasteiger partial charge is 0.352 e. The lowest BCUT2D eigenvalue weighted by molar-refractivity contribution is -0.120. The van der Waals surface area contributed by atoms with Gasteiger partial charge in [0.15, 0.2) is 0 Å². The van der Waals surface area contributed by atoms with Crippen LogP contribution in [-0.4, -0.2) is 26.9 Å². The van der Waals surface area contributed by atoms with Crippen molar-refractivity contribution in [2.45, 2.75) is 31.2 Å². The van der Waals surface area contributed by atoms with Crippen LogP contribution >= 0.6 is 15.9 Å². The van der Waals surface area contributed by atoms with Crippen molar-refractivity contribution in [3.63, 3.8) is 0 Å². The van der Waals surface area contributed by atoms with E-state index in [2.05, 4.69) is 21.2 Å². The summed E-state index contributed by atoms with van der Waals surface area (Å²) in [4.78, 5) is 12.5. The van der Waals surface area contributed by atoms with E-state index >= 15 is 0 Å². The minimum atomic E-state index is -3.85. The fourth-order valence-corrected chi connectivity index (χ4v) is 3.90. The van der Waals surface area contributed by atoms with Gasteiger partial charge in [0.25, 0.3) is 10.0 Å². The highest BCUT2D eigenvalue weighted by atomic mass is 79.9. The molecule has 5 nitrogen and oxygen atoms in total. The molecule has 1 amide bonds. The van der Waals surface area contributed by atoms with Gasteiger partial charge in [0.05, 0.1) is 10.6 Å². The van der Waals surface area contributed by atoms with E-state index in [9.17, 15) is 13.2 Å². The number of halogens is 1. The van der Waals surface area contributed by atoms with E-state index in [4.69, 9.17) is 0 Å². The maximum Gasteiger partial charge on any atom is 0.264 e. The molecule has 1 unspecified atom stereocenters. The molecule has 2 rings (SSSR count). The molecule has 0 aromatic heterocycles.